The third kappa shape index (κ3) is 7.26. The van der Waals surface area contributed by atoms with Crippen molar-refractivity contribution in [1.82, 2.24) is 25.4 Å². The van der Waals surface area contributed by atoms with E-state index in [-0.39, 0.29) is 43.0 Å². The Balaban J connectivity index is 1.21. The van der Waals surface area contributed by atoms with Crippen LogP contribution in [0.3, 0.4) is 0 Å². The summed E-state index contributed by atoms with van der Waals surface area (Å²) in [5.41, 5.74) is 5.88. The van der Waals surface area contributed by atoms with E-state index < -0.39 is 23.6 Å². The first-order chi connectivity index (χ1) is 23.4. The van der Waals surface area contributed by atoms with Gasteiger partial charge in [-0.15, -0.1) is 11.3 Å². The molecular weight excluding hydrogens is 635 g/mol. The quantitative estimate of drug-likeness (QED) is 0.210. The van der Waals surface area contributed by atoms with Gasteiger partial charge in [0, 0.05) is 23.4 Å². The lowest BCUT2D eigenvalue weighted by Crippen LogP contribution is -2.57. The van der Waals surface area contributed by atoms with Gasteiger partial charge in [-0.05, 0) is 55.1 Å². The van der Waals surface area contributed by atoms with Gasteiger partial charge in [-0.3, -0.25) is 14.5 Å². The third-order valence-corrected chi connectivity index (χ3v) is 10.6. The highest BCUT2D eigenvalue weighted by atomic mass is 32.1. The van der Waals surface area contributed by atoms with Crippen molar-refractivity contribution in [2.75, 3.05) is 27.2 Å². The molecule has 256 valence electrons. The van der Waals surface area contributed by atoms with Crippen molar-refractivity contribution < 1.29 is 19.1 Å². The van der Waals surface area contributed by atoms with Crippen LogP contribution in [0, 0.1) is 5.41 Å². The number of nitrogens with one attached hydrogen (secondary N) is 2. The van der Waals surface area contributed by atoms with Crippen molar-refractivity contribution in [1.29, 1.82) is 0 Å². The Kier molecular flexibility index (Phi) is 9.90. The molecule has 4 atom stereocenters. The molecule has 9 nitrogen and oxygen atoms in total. The van der Waals surface area contributed by atoms with Crippen molar-refractivity contribution in [3.8, 4) is 22.4 Å². The number of benzene rings is 3. The molecule has 0 saturated carbocycles. The predicted octanol–water partition coefficient (Wildman–Crippen LogP) is 6.47. The Morgan fingerprint density at radius 1 is 0.959 bits per heavy atom. The molecular formula is C39H45N5O4S. The number of hydrogen-bond acceptors (Lipinski definition) is 7. The number of carbonyl (C=O) groups excluding carboxylic acids is 3. The summed E-state index contributed by atoms with van der Waals surface area (Å²) in [4.78, 5) is 49.6. The van der Waals surface area contributed by atoms with Crippen molar-refractivity contribution in [2.24, 2.45) is 5.41 Å². The molecule has 0 spiro atoms. The minimum Gasteiger partial charge on any atom is -0.449 e. The van der Waals surface area contributed by atoms with Gasteiger partial charge in [0.25, 0.3) is 0 Å². The van der Waals surface area contributed by atoms with E-state index in [0.717, 1.165) is 27.4 Å². The molecule has 10 heteroatoms. The maximum atomic E-state index is 14.5. The van der Waals surface area contributed by atoms with E-state index in [4.69, 9.17) is 9.72 Å². The summed E-state index contributed by atoms with van der Waals surface area (Å²) in [6.45, 7) is 8.13. The van der Waals surface area contributed by atoms with Crippen LogP contribution in [0.1, 0.15) is 62.2 Å². The largest absolute Gasteiger partial charge is 0.449 e. The molecule has 3 amide bonds. The van der Waals surface area contributed by atoms with E-state index in [9.17, 15) is 14.4 Å². The van der Waals surface area contributed by atoms with Crippen LogP contribution in [0.25, 0.3) is 22.4 Å². The number of alkyl carbamates (subject to hydrolysis) is 1. The topological polar surface area (TPSA) is 104 Å². The normalized spacial score (nSPS) is 18.5. The molecule has 6 rings (SSSR count). The summed E-state index contributed by atoms with van der Waals surface area (Å²) in [6, 6.07) is 24.4. The molecule has 0 bridgehead atoms. The van der Waals surface area contributed by atoms with Gasteiger partial charge in [-0.25, -0.2) is 9.78 Å². The molecule has 0 unspecified atom stereocenters. The fraction of sp³-hybridized carbons (Fsp3) is 0.385. The number of hydrogen-bond donors (Lipinski definition) is 2. The van der Waals surface area contributed by atoms with Crippen LogP contribution in [-0.2, 0) is 14.3 Å². The molecule has 4 aromatic rings. The van der Waals surface area contributed by atoms with Crippen molar-refractivity contribution in [2.45, 2.75) is 64.2 Å². The average molecular weight is 680 g/mol. The van der Waals surface area contributed by atoms with Crippen LogP contribution in [-0.4, -0.2) is 78.1 Å². The van der Waals surface area contributed by atoms with E-state index in [1.54, 1.807) is 4.90 Å². The molecule has 1 saturated heterocycles. The minimum atomic E-state index is -0.785. The maximum Gasteiger partial charge on any atom is 0.407 e. The minimum absolute atomic E-state index is 0.0556. The number of aromatic nitrogens is 1. The Bertz CT molecular complexity index is 1770. The second kappa shape index (κ2) is 14.1. The molecule has 1 aromatic heterocycles. The van der Waals surface area contributed by atoms with Gasteiger partial charge in [-0.1, -0.05) is 99.6 Å². The van der Waals surface area contributed by atoms with Crippen LogP contribution in [0.15, 0.2) is 84.2 Å². The van der Waals surface area contributed by atoms with Crippen molar-refractivity contribution >= 4 is 29.2 Å². The highest BCUT2D eigenvalue weighted by molar-refractivity contribution is 7.10. The van der Waals surface area contributed by atoms with E-state index in [2.05, 4.69) is 34.9 Å². The number of likely N-dealkylation sites (tertiary alicyclic amines) is 1. The number of ether oxygens (including phenoxy) is 1. The van der Waals surface area contributed by atoms with E-state index in [0.29, 0.717) is 6.42 Å². The lowest BCUT2D eigenvalue weighted by atomic mass is 9.85. The van der Waals surface area contributed by atoms with Crippen LogP contribution < -0.4 is 10.6 Å². The number of nitrogens with zero attached hydrogens (tertiary/aromatic N) is 3. The Morgan fingerprint density at radius 3 is 2.18 bits per heavy atom. The summed E-state index contributed by atoms with van der Waals surface area (Å²) in [7, 11) is 3.67. The van der Waals surface area contributed by atoms with Crippen LogP contribution in [0.2, 0.25) is 0 Å². The number of rotatable bonds is 9. The predicted molar refractivity (Wildman–Crippen MR) is 193 cm³/mol. The second-order valence-electron chi connectivity index (χ2n) is 14.3. The van der Waals surface area contributed by atoms with Gasteiger partial charge in [0.2, 0.25) is 11.8 Å². The van der Waals surface area contributed by atoms with Crippen molar-refractivity contribution in [3.63, 3.8) is 0 Å². The lowest BCUT2D eigenvalue weighted by Gasteiger charge is -2.36. The van der Waals surface area contributed by atoms with Gasteiger partial charge in [0.05, 0.1) is 23.8 Å². The SMILES string of the molecule is C[C@@H](C(=O)N[C@H](C(=O)N1C[C@@H](NC(=O)OCC2c3ccccc3-c3ccccc32)C[C@H]1c1nc(-c2ccccc2)cs1)C(C)(C)C)N(C)C. The molecule has 2 heterocycles. The number of fused-ring (bicyclic) bond motifs is 3. The van der Waals surface area contributed by atoms with Crippen LogP contribution >= 0.6 is 11.3 Å². The van der Waals surface area contributed by atoms with E-state index >= 15 is 0 Å². The fourth-order valence-corrected chi connectivity index (χ4v) is 7.67. The number of carbonyl (C=O) groups is 3. The molecule has 2 aliphatic rings. The lowest BCUT2D eigenvalue weighted by molar-refractivity contribution is -0.141. The highest BCUT2D eigenvalue weighted by Gasteiger charge is 2.45. The standard InChI is InChI=1S/C39H45N5O4S/c1-24(43(5)6)35(45)42-34(39(2,3)4)37(46)44-21-26(20-33(44)36-41-32(23-49-36)25-14-8-7-9-15-25)40-38(47)48-22-31-29-18-12-10-16-27(29)28-17-11-13-19-30(28)31/h7-19,23-24,26,31,33-34H,20-22H2,1-6H3,(H,40,47)(H,42,45)/t24-,26-,33-,34+/m0/s1. The molecule has 1 aliphatic carbocycles. The first-order valence-corrected chi connectivity index (χ1v) is 17.7. The second-order valence-corrected chi connectivity index (χ2v) is 15.2. The first kappa shape index (κ1) is 34.3. The maximum absolute atomic E-state index is 14.5. The zero-order chi connectivity index (χ0) is 34.9. The third-order valence-electron chi connectivity index (χ3n) is 9.68. The zero-order valence-corrected chi connectivity index (χ0v) is 29.8. The summed E-state index contributed by atoms with van der Waals surface area (Å²) in [5.74, 6) is -0.479. The van der Waals surface area contributed by atoms with Gasteiger partial charge in [0.1, 0.15) is 17.7 Å². The zero-order valence-electron chi connectivity index (χ0n) is 29.0. The van der Waals surface area contributed by atoms with Gasteiger partial charge < -0.3 is 20.3 Å². The Labute approximate surface area is 292 Å². The summed E-state index contributed by atoms with van der Waals surface area (Å²) >= 11 is 1.50. The molecule has 0 radical (unpaired) electrons. The van der Waals surface area contributed by atoms with Gasteiger partial charge in [0.15, 0.2) is 0 Å². The molecule has 1 fully saturated rings. The molecule has 1 aliphatic heterocycles. The first-order valence-electron chi connectivity index (χ1n) is 16.8. The van der Waals surface area contributed by atoms with Gasteiger partial charge >= 0.3 is 6.09 Å². The van der Waals surface area contributed by atoms with E-state index in [1.165, 1.54) is 22.5 Å². The molecule has 49 heavy (non-hydrogen) atoms. The van der Waals surface area contributed by atoms with Crippen LogP contribution in [0.4, 0.5) is 4.79 Å². The number of amides is 3. The monoisotopic (exact) mass is 679 g/mol. The van der Waals surface area contributed by atoms with Crippen molar-refractivity contribution in [3.05, 3.63) is 100 Å². The summed E-state index contributed by atoms with van der Waals surface area (Å²) in [6.07, 6.45) is -0.0548. The average Bonchev–Trinajstić information content (AvgIpc) is 3.82. The fourth-order valence-electron chi connectivity index (χ4n) is 6.72. The van der Waals surface area contributed by atoms with E-state index in [1.807, 2.05) is 107 Å². The Hall–Kier alpha value is -4.54. The molecule has 3 aromatic carbocycles. The number of likely N-dealkylation sites (N-methyl/N-ethyl adjacent to an activating group) is 1. The van der Waals surface area contributed by atoms with Crippen LogP contribution in [0.5, 0.6) is 0 Å². The number of thiazole rings is 1. The smallest absolute Gasteiger partial charge is 0.407 e. The summed E-state index contributed by atoms with van der Waals surface area (Å²) in [5, 5.41) is 8.88. The van der Waals surface area contributed by atoms with Gasteiger partial charge in [-0.2, -0.15) is 0 Å². The highest BCUT2D eigenvalue weighted by Crippen LogP contribution is 2.44. The molecule has 2 N–H and O–H groups in total. The Morgan fingerprint density at radius 2 is 1.57 bits per heavy atom. The summed E-state index contributed by atoms with van der Waals surface area (Å²) < 4.78 is 5.88.